The zero-order valence-electron chi connectivity index (χ0n) is 11.5. The number of aromatic nitrogens is 1. The van der Waals surface area contributed by atoms with Crippen molar-refractivity contribution >= 4 is 27.0 Å². The van der Waals surface area contributed by atoms with E-state index in [-0.39, 0.29) is 5.76 Å². The molecule has 5 heteroatoms. The van der Waals surface area contributed by atoms with Crippen LogP contribution >= 0.6 is 15.9 Å². The summed E-state index contributed by atoms with van der Waals surface area (Å²) in [5.74, 6) is -0.253. The molecule has 1 aliphatic heterocycles. The molecular weight excluding hydrogens is 320 g/mol. The first-order valence-corrected chi connectivity index (χ1v) is 8.04. The van der Waals surface area contributed by atoms with Gasteiger partial charge in [-0.1, -0.05) is 22.4 Å². The minimum absolute atomic E-state index is 0.253. The lowest BCUT2D eigenvalue weighted by atomic mass is 10.1. The summed E-state index contributed by atoms with van der Waals surface area (Å²) in [7, 11) is 0. The van der Waals surface area contributed by atoms with Crippen molar-refractivity contribution in [3.63, 3.8) is 0 Å². The second-order valence-corrected chi connectivity index (χ2v) is 6.30. The van der Waals surface area contributed by atoms with Crippen LogP contribution in [-0.2, 0) is 6.54 Å². The minimum Gasteiger partial charge on any atom is -0.408 e. The molecule has 0 amide bonds. The fraction of sp³-hybridized carbons (Fsp3) is 0.533. The summed E-state index contributed by atoms with van der Waals surface area (Å²) >= 11 is 3.39. The predicted octanol–water partition coefficient (Wildman–Crippen LogP) is 3.23. The number of fused-ring (bicyclic) bond motifs is 1. The molecule has 2 aromatic rings. The summed E-state index contributed by atoms with van der Waals surface area (Å²) in [6.07, 6.45) is 4.97. The highest BCUT2D eigenvalue weighted by Crippen LogP contribution is 2.19. The molecule has 108 valence electrons. The summed E-state index contributed by atoms with van der Waals surface area (Å²) < 4.78 is 7.96. The number of hydrogen-bond acceptors (Lipinski definition) is 3. The number of rotatable bonds is 4. The summed E-state index contributed by atoms with van der Waals surface area (Å²) in [4.78, 5) is 14.4. The van der Waals surface area contributed by atoms with Crippen LogP contribution in [0.3, 0.4) is 0 Å². The predicted molar refractivity (Wildman–Crippen MR) is 83.1 cm³/mol. The third-order valence-corrected chi connectivity index (χ3v) is 4.43. The van der Waals surface area contributed by atoms with Gasteiger partial charge in [0.1, 0.15) is 0 Å². The summed E-state index contributed by atoms with van der Waals surface area (Å²) in [5.41, 5.74) is 1.54. The highest BCUT2D eigenvalue weighted by molar-refractivity contribution is 9.10. The third kappa shape index (κ3) is 2.99. The van der Waals surface area contributed by atoms with E-state index >= 15 is 0 Å². The van der Waals surface area contributed by atoms with Crippen LogP contribution in [0.1, 0.15) is 25.7 Å². The van der Waals surface area contributed by atoms with Crippen LogP contribution in [0.25, 0.3) is 11.1 Å². The Morgan fingerprint density at radius 2 is 1.95 bits per heavy atom. The molecule has 1 aromatic carbocycles. The van der Waals surface area contributed by atoms with E-state index in [1.54, 1.807) is 4.57 Å². The first kappa shape index (κ1) is 13.9. The molecule has 0 saturated carbocycles. The molecule has 2 heterocycles. The molecule has 1 aliphatic rings. The Hall–Kier alpha value is -1.07. The van der Waals surface area contributed by atoms with Crippen molar-refractivity contribution in [2.75, 3.05) is 19.6 Å². The molecule has 0 spiro atoms. The summed E-state index contributed by atoms with van der Waals surface area (Å²) in [6, 6.07) is 5.72. The zero-order valence-corrected chi connectivity index (χ0v) is 13.1. The fourth-order valence-electron chi connectivity index (χ4n) is 2.89. The minimum atomic E-state index is -0.253. The number of piperidine rings is 1. The molecule has 0 unspecified atom stereocenters. The molecular formula is C15H19BrN2O2. The van der Waals surface area contributed by atoms with E-state index in [9.17, 15) is 4.79 Å². The lowest BCUT2D eigenvalue weighted by molar-refractivity contribution is 0.222. The number of nitrogens with zero attached hydrogens (tertiary/aromatic N) is 2. The molecule has 0 radical (unpaired) electrons. The van der Waals surface area contributed by atoms with Gasteiger partial charge in [0.2, 0.25) is 0 Å². The van der Waals surface area contributed by atoms with E-state index in [1.165, 1.54) is 32.4 Å². The van der Waals surface area contributed by atoms with Crippen molar-refractivity contribution in [3.8, 4) is 0 Å². The normalized spacial score (nSPS) is 16.9. The van der Waals surface area contributed by atoms with E-state index in [4.69, 9.17) is 4.42 Å². The van der Waals surface area contributed by atoms with Gasteiger partial charge >= 0.3 is 5.76 Å². The van der Waals surface area contributed by atoms with Crippen LogP contribution in [0.2, 0.25) is 0 Å². The van der Waals surface area contributed by atoms with E-state index in [0.29, 0.717) is 5.58 Å². The molecule has 0 bridgehead atoms. The highest BCUT2D eigenvalue weighted by atomic mass is 79.9. The maximum absolute atomic E-state index is 11.9. The smallest absolute Gasteiger partial charge is 0.408 e. The van der Waals surface area contributed by atoms with Gasteiger partial charge in [-0.2, -0.15) is 0 Å². The van der Waals surface area contributed by atoms with Crippen LogP contribution in [0.5, 0.6) is 0 Å². The molecule has 1 saturated heterocycles. The van der Waals surface area contributed by atoms with Crippen LogP contribution in [-0.4, -0.2) is 29.1 Å². The third-order valence-electron chi connectivity index (χ3n) is 3.94. The second kappa shape index (κ2) is 6.14. The fourth-order valence-corrected chi connectivity index (χ4v) is 3.23. The van der Waals surface area contributed by atoms with Crippen LogP contribution in [0.15, 0.2) is 31.9 Å². The van der Waals surface area contributed by atoms with Gasteiger partial charge in [-0.25, -0.2) is 4.79 Å². The largest absolute Gasteiger partial charge is 0.419 e. The number of aryl methyl sites for hydroxylation is 1. The van der Waals surface area contributed by atoms with Crippen molar-refractivity contribution in [1.82, 2.24) is 9.47 Å². The van der Waals surface area contributed by atoms with Crippen LogP contribution in [0, 0.1) is 0 Å². The molecule has 0 atom stereocenters. The molecule has 3 rings (SSSR count). The Balaban J connectivity index is 1.68. The van der Waals surface area contributed by atoms with Gasteiger partial charge in [-0.15, -0.1) is 0 Å². The topological polar surface area (TPSA) is 38.4 Å². The Labute approximate surface area is 126 Å². The van der Waals surface area contributed by atoms with E-state index in [0.717, 1.165) is 29.5 Å². The van der Waals surface area contributed by atoms with Gasteiger partial charge < -0.3 is 9.32 Å². The highest BCUT2D eigenvalue weighted by Gasteiger charge is 2.12. The first-order chi connectivity index (χ1) is 9.74. The first-order valence-electron chi connectivity index (χ1n) is 7.25. The second-order valence-electron chi connectivity index (χ2n) is 5.39. The lowest BCUT2D eigenvalue weighted by Crippen LogP contribution is -2.31. The average Bonchev–Trinajstić information content (AvgIpc) is 2.75. The lowest BCUT2D eigenvalue weighted by Gasteiger charge is -2.26. The molecule has 0 aliphatic carbocycles. The van der Waals surface area contributed by atoms with Gasteiger partial charge in [0, 0.05) is 11.0 Å². The molecule has 0 N–H and O–H groups in total. The number of benzene rings is 1. The molecule has 4 nitrogen and oxygen atoms in total. The van der Waals surface area contributed by atoms with E-state index in [2.05, 4.69) is 20.8 Å². The molecule has 1 fully saturated rings. The standard InChI is InChI=1S/C15H19BrN2O2/c16-12-5-6-13-14(11-12)20-15(19)18(13)10-4-9-17-7-2-1-3-8-17/h5-6,11H,1-4,7-10H2. The van der Waals surface area contributed by atoms with E-state index in [1.807, 2.05) is 18.2 Å². The van der Waals surface area contributed by atoms with Crippen LogP contribution < -0.4 is 5.76 Å². The Bertz CT molecular complexity index is 641. The van der Waals surface area contributed by atoms with Crippen molar-refractivity contribution < 1.29 is 4.42 Å². The van der Waals surface area contributed by atoms with Crippen molar-refractivity contribution in [2.24, 2.45) is 0 Å². The van der Waals surface area contributed by atoms with E-state index < -0.39 is 0 Å². The maximum Gasteiger partial charge on any atom is 0.419 e. The maximum atomic E-state index is 11.9. The SMILES string of the molecule is O=c1oc2cc(Br)ccc2n1CCCN1CCCCC1. The number of halogens is 1. The van der Waals surface area contributed by atoms with Crippen LogP contribution in [0.4, 0.5) is 0 Å². The zero-order chi connectivity index (χ0) is 13.9. The van der Waals surface area contributed by atoms with Gasteiger partial charge in [0.15, 0.2) is 5.58 Å². The Morgan fingerprint density at radius 1 is 1.15 bits per heavy atom. The van der Waals surface area contributed by atoms with Gasteiger partial charge in [0.05, 0.1) is 5.52 Å². The number of oxazole rings is 1. The number of hydrogen-bond donors (Lipinski definition) is 0. The van der Waals surface area contributed by atoms with Gasteiger partial charge in [0.25, 0.3) is 0 Å². The van der Waals surface area contributed by atoms with Crippen molar-refractivity contribution in [3.05, 3.63) is 33.2 Å². The summed E-state index contributed by atoms with van der Waals surface area (Å²) in [6.45, 7) is 4.20. The summed E-state index contributed by atoms with van der Waals surface area (Å²) in [5, 5.41) is 0. The monoisotopic (exact) mass is 338 g/mol. The average molecular weight is 339 g/mol. The van der Waals surface area contributed by atoms with Crippen molar-refractivity contribution in [1.29, 1.82) is 0 Å². The van der Waals surface area contributed by atoms with Gasteiger partial charge in [-0.3, -0.25) is 4.57 Å². The van der Waals surface area contributed by atoms with Crippen molar-refractivity contribution in [2.45, 2.75) is 32.2 Å². The molecule has 20 heavy (non-hydrogen) atoms. The Kier molecular flexibility index (Phi) is 4.27. The Morgan fingerprint density at radius 3 is 2.75 bits per heavy atom. The number of likely N-dealkylation sites (tertiary alicyclic amines) is 1. The van der Waals surface area contributed by atoms with Gasteiger partial charge in [-0.05, 0) is 57.1 Å². The molecule has 1 aromatic heterocycles. The quantitative estimate of drug-likeness (QED) is 0.858.